The van der Waals surface area contributed by atoms with Crippen LogP contribution in [0.1, 0.15) is 49.7 Å². The summed E-state index contributed by atoms with van der Waals surface area (Å²) in [5.74, 6) is -1.40. The van der Waals surface area contributed by atoms with Gasteiger partial charge in [0.25, 0.3) is 0 Å². The fraction of sp³-hybridized carbons (Fsp3) is 0.400. The Morgan fingerprint density at radius 2 is 1.62 bits per heavy atom. The van der Waals surface area contributed by atoms with Gasteiger partial charge in [-0.2, -0.15) is 0 Å². The summed E-state index contributed by atoms with van der Waals surface area (Å²) < 4.78 is 5.59. The van der Waals surface area contributed by atoms with E-state index in [1.165, 1.54) is 4.90 Å². The number of nitrogens with one attached hydrogen (secondary N) is 1. The monoisotopic (exact) mass is 434 g/mol. The van der Waals surface area contributed by atoms with Gasteiger partial charge in [0.2, 0.25) is 5.91 Å². The molecule has 2 aromatic rings. The van der Waals surface area contributed by atoms with E-state index >= 15 is 0 Å². The van der Waals surface area contributed by atoms with Crippen LogP contribution < -0.4 is 5.32 Å². The maximum absolute atomic E-state index is 13.2. The van der Waals surface area contributed by atoms with E-state index in [0.717, 1.165) is 22.3 Å². The quantitative estimate of drug-likeness (QED) is 0.751. The van der Waals surface area contributed by atoms with Crippen molar-refractivity contribution in [1.29, 1.82) is 0 Å². The molecule has 32 heavy (non-hydrogen) atoms. The molecule has 1 heterocycles. The average Bonchev–Trinajstić information content (AvgIpc) is 3.34. The first-order chi connectivity index (χ1) is 15.4. The van der Waals surface area contributed by atoms with Crippen LogP contribution in [-0.2, 0) is 14.3 Å². The van der Waals surface area contributed by atoms with Crippen molar-refractivity contribution < 1.29 is 24.2 Å². The summed E-state index contributed by atoms with van der Waals surface area (Å²) in [6, 6.07) is 16.2. The van der Waals surface area contributed by atoms with Crippen molar-refractivity contribution in [3.63, 3.8) is 0 Å². The average molecular weight is 434 g/mol. The zero-order chi connectivity index (χ0) is 22.5. The van der Waals surface area contributed by atoms with Crippen molar-refractivity contribution in [2.24, 2.45) is 0 Å². The van der Waals surface area contributed by atoms with Crippen LogP contribution in [0.3, 0.4) is 0 Å². The van der Waals surface area contributed by atoms with Crippen LogP contribution in [0.4, 0.5) is 4.79 Å². The van der Waals surface area contributed by atoms with E-state index in [1.54, 1.807) is 6.92 Å². The van der Waals surface area contributed by atoms with E-state index in [-0.39, 0.29) is 18.4 Å². The molecule has 1 saturated heterocycles. The zero-order valence-corrected chi connectivity index (χ0v) is 18.0. The summed E-state index contributed by atoms with van der Waals surface area (Å²) in [5.41, 5.74) is 2.25. The molecule has 1 saturated carbocycles. The molecule has 0 bridgehead atoms. The number of benzene rings is 2. The molecule has 2 aliphatic carbocycles. The molecule has 5 rings (SSSR count). The minimum Gasteiger partial charge on any atom is -0.480 e. The van der Waals surface area contributed by atoms with Gasteiger partial charge in [-0.3, -0.25) is 4.79 Å². The first-order valence-electron chi connectivity index (χ1n) is 11.0. The molecular formula is C25H26N2O5. The van der Waals surface area contributed by atoms with Gasteiger partial charge in [0.15, 0.2) is 0 Å². The molecule has 2 aromatic carbocycles. The van der Waals surface area contributed by atoms with E-state index in [9.17, 15) is 19.5 Å². The fourth-order valence-electron chi connectivity index (χ4n) is 5.12. The number of aliphatic carboxylic acids is 1. The Hall–Kier alpha value is -3.35. The van der Waals surface area contributed by atoms with Gasteiger partial charge in [0.1, 0.15) is 17.7 Å². The molecule has 7 heteroatoms. The number of nitrogens with zero attached hydrogens (tertiary/aromatic N) is 1. The second-order valence-electron chi connectivity index (χ2n) is 9.17. The largest absolute Gasteiger partial charge is 0.480 e. The highest BCUT2D eigenvalue weighted by Gasteiger charge is 2.58. The highest BCUT2D eigenvalue weighted by Crippen LogP contribution is 2.45. The van der Waals surface area contributed by atoms with Gasteiger partial charge >= 0.3 is 12.1 Å². The SMILES string of the molecule is CC1(C(=O)O)CCCN1C(=O)C1(NC(=O)OCC2c3ccccc3-c3ccccc32)CC1. The number of likely N-dealkylation sites (tertiary alicyclic amines) is 1. The lowest BCUT2D eigenvalue weighted by Gasteiger charge is -2.34. The standard InChI is InChI=1S/C25H26N2O5/c1-24(22(29)30)11-6-14-27(24)21(28)25(12-13-25)26-23(31)32-15-20-18-9-4-2-7-16(18)17-8-3-5-10-19(17)20/h2-5,7-10,20H,6,11-15H2,1H3,(H,26,31)(H,29,30). The van der Waals surface area contributed by atoms with Gasteiger partial charge < -0.3 is 20.1 Å². The predicted octanol–water partition coefficient (Wildman–Crippen LogP) is 3.52. The number of hydrogen-bond donors (Lipinski definition) is 2. The molecule has 3 aliphatic rings. The van der Waals surface area contributed by atoms with E-state index in [4.69, 9.17) is 4.74 Å². The highest BCUT2D eigenvalue weighted by atomic mass is 16.5. The molecule has 7 nitrogen and oxygen atoms in total. The molecule has 0 radical (unpaired) electrons. The summed E-state index contributed by atoms with van der Waals surface area (Å²) in [4.78, 5) is 39.0. The van der Waals surface area contributed by atoms with Gasteiger partial charge in [-0.15, -0.1) is 0 Å². The maximum atomic E-state index is 13.2. The third-order valence-electron chi connectivity index (χ3n) is 7.19. The zero-order valence-electron chi connectivity index (χ0n) is 18.0. The lowest BCUT2D eigenvalue weighted by atomic mass is 9.98. The first kappa shape index (κ1) is 20.5. The minimum absolute atomic E-state index is 0.0621. The lowest BCUT2D eigenvalue weighted by molar-refractivity contribution is -0.156. The van der Waals surface area contributed by atoms with Crippen molar-refractivity contribution in [1.82, 2.24) is 10.2 Å². The Morgan fingerprint density at radius 3 is 2.19 bits per heavy atom. The molecule has 2 N–H and O–H groups in total. The topological polar surface area (TPSA) is 95.9 Å². The fourth-order valence-corrected chi connectivity index (χ4v) is 5.12. The van der Waals surface area contributed by atoms with E-state index < -0.39 is 23.1 Å². The summed E-state index contributed by atoms with van der Waals surface area (Å²) in [5, 5.41) is 12.4. The molecule has 2 amide bonds. The first-order valence-corrected chi connectivity index (χ1v) is 11.0. The molecule has 1 unspecified atom stereocenters. The Balaban J connectivity index is 1.27. The Labute approximate surface area is 186 Å². The van der Waals surface area contributed by atoms with Crippen LogP contribution in [0.15, 0.2) is 48.5 Å². The van der Waals surface area contributed by atoms with E-state index in [2.05, 4.69) is 17.4 Å². The number of rotatable bonds is 5. The Morgan fingerprint density at radius 1 is 1.03 bits per heavy atom. The summed E-state index contributed by atoms with van der Waals surface area (Å²) in [6.07, 6.45) is 1.38. The minimum atomic E-state index is -1.23. The predicted molar refractivity (Wildman–Crippen MR) is 117 cm³/mol. The van der Waals surface area contributed by atoms with Gasteiger partial charge in [-0.05, 0) is 54.9 Å². The molecule has 0 aromatic heterocycles. The van der Waals surface area contributed by atoms with Crippen molar-refractivity contribution in [3.05, 3.63) is 59.7 Å². The second-order valence-corrected chi connectivity index (χ2v) is 9.17. The van der Waals surface area contributed by atoms with Gasteiger partial charge in [-0.25, -0.2) is 9.59 Å². The molecule has 1 aliphatic heterocycles. The van der Waals surface area contributed by atoms with Crippen molar-refractivity contribution >= 4 is 18.0 Å². The van der Waals surface area contributed by atoms with Crippen LogP contribution in [0, 0.1) is 0 Å². The van der Waals surface area contributed by atoms with Crippen LogP contribution in [0.5, 0.6) is 0 Å². The molecule has 1 atom stereocenters. The number of amides is 2. The lowest BCUT2D eigenvalue weighted by Crippen LogP contribution is -2.58. The van der Waals surface area contributed by atoms with Gasteiger partial charge in [0.05, 0.1) is 0 Å². The van der Waals surface area contributed by atoms with Crippen LogP contribution in [-0.4, -0.2) is 52.2 Å². The molecular weight excluding hydrogens is 408 g/mol. The van der Waals surface area contributed by atoms with Crippen molar-refractivity contribution in [2.45, 2.75) is 49.6 Å². The van der Waals surface area contributed by atoms with Crippen LogP contribution in [0.2, 0.25) is 0 Å². The normalized spacial score (nSPS) is 22.7. The molecule has 2 fully saturated rings. The number of ether oxygens (including phenoxy) is 1. The number of carbonyl (C=O) groups is 3. The number of fused-ring (bicyclic) bond motifs is 3. The van der Waals surface area contributed by atoms with Crippen molar-refractivity contribution in [3.8, 4) is 11.1 Å². The summed E-state index contributed by atoms with van der Waals surface area (Å²) in [7, 11) is 0. The Bertz CT molecular complexity index is 1060. The number of carboxylic acid groups (broad SMARTS) is 1. The second kappa shape index (κ2) is 7.36. The number of hydrogen-bond acceptors (Lipinski definition) is 4. The number of alkyl carbamates (subject to hydrolysis) is 1. The smallest absolute Gasteiger partial charge is 0.408 e. The highest BCUT2D eigenvalue weighted by molar-refractivity contribution is 5.96. The van der Waals surface area contributed by atoms with Gasteiger partial charge in [-0.1, -0.05) is 48.5 Å². The van der Waals surface area contributed by atoms with E-state index in [1.807, 2.05) is 36.4 Å². The van der Waals surface area contributed by atoms with Crippen molar-refractivity contribution in [2.75, 3.05) is 13.2 Å². The Kier molecular flexibility index (Phi) is 4.73. The summed E-state index contributed by atoms with van der Waals surface area (Å²) in [6.45, 7) is 2.13. The summed E-state index contributed by atoms with van der Waals surface area (Å²) >= 11 is 0. The molecule has 166 valence electrons. The maximum Gasteiger partial charge on any atom is 0.408 e. The number of carbonyl (C=O) groups excluding carboxylic acids is 2. The third-order valence-corrected chi connectivity index (χ3v) is 7.19. The van der Waals surface area contributed by atoms with E-state index in [0.29, 0.717) is 32.2 Å². The van der Waals surface area contributed by atoms with Gasteiger partial charge in [0, 0.05) is 12.5 Å². The molecule has 0 spiro atoms. The third kappa shape index (κ3) is 3.15. The van der Waals surface area contributed by atoms with Crippen LogP contribution in [0.25, 0.3) is 11.1 Å². The van der Waals surface area contributed by atoms with Crippen LogP contribution >= 0.6 is 0 Å². The number of carboxylic acids is 1.